The molecule has 0 bridgehead atoms. The number of aliphatic hydroxyl groups is 1. The number of methoxy groups -OCH3 is 1. The number of nitrogens with one attached hydrogen (secondary N) is 2. The van der Waals surface area contributed by atoms with E-state index in [9.17, 15) is 39.5 Å². The number of nitrogens with zero attached hydrogens (tertiary/aromatic N) is 3. The van der Waals surface area contributed by atoms with Gasteiger partial charge in [-0.25, -0.2) is 14.4 Å². The quantitative estimate of drug-likeness (QED) is 0.0925. The molecule has 0 saturated carbocycles. The van der Waals surface area contributed by atoms with Gasteiger partial charge in [0.05, 0.1) is 18.6 Å². The number of aliphatic hydroxyl groups excluding tert-OH is 1. The molecule has 1 aliphatic rings. The molecule has 2 amide bonds. The fraction of sp³-hybridized carbons (Fsp3) is 0.526. The number of non-ortho nitro benzene ring substituents is 1. The third-order valence-corrected chi connectivity index (χ3v) is 20.1. The summed E-state index contributed by atoms with van der Waals surface area (Å²) in [5, 5.41) is 37.5. The summed E-state index contributed by atoms with van der Waals surface area (Å²) in [6, 6.07) is 9.95. The highest BCUT2D eigenvalue weighted by molar-refractivity contribution is 6.74. The van der Waals surface area contributed by atoms with Crippen LogP contribution in [0.25, 0.3) is 0 Å². The summed E-state index contributed by atoms with van der Waals surface area (Å²) in [6.45, 7) is 19.9. The second-order valence-electron chi connectivity index (χ2n) is 17.2. The van der Waals surface area contributed by atoms with Gasteiger partial charge >= 0.3 is 17.7 Å². The van der Waals surface area contributed by atoms with E-state index in [4.69, 9.17) is 18.3 Å². The maximum atomic E-state index is 14.3. The van der Waals surface area contributed by atoms with Crippen molar-refractivity contribution in [2.75, 3.05) is 12.4 Å². The van der Waals surface area contributed by atoms with Crippen LogP contribution in [-0.4, -0.2) is 90.5 Å². The van der Waals surface area contributed by atoms with E-state index in [1.165, 1.54) is 48.2 Å². The Morgan fingerprint density at radius 3 is 1.95 bits per heavy atom. The minimum absolute atomic E-state index is 0.0895. The molecule has 17 nitrogen and oxygen atoms in total. The highest BCUT2D eigenvalue weighted by Gasteiger charge is 2.57. The maximum Gasteiger partial charge on any atom is 0.333 e. The summed E-state index contributed by atoms with van der Waals surface area (Å²) < 4.78 is 28.0. The number of nitro groups is 1. The number of carboxylic acids is 1. The molecular weight excluding hydrogens is 775 g/mol. The van der Waals surface area contributed by atoms with E-state index in [1.807, 2.05) is 67.7 Å². The summed E-state index contributed by atoms with van der Waals surface area (Å²) in [5.41, 5.74) is -0.773. The zero-order valence-corrected chi connectivity index (χ0v) is 36.3. The van der Waals surface area contributed by atoms with Crippen LogP contribution in [0, 0.1) is 10.1 Å². The van der Waals surface area contributed by atoms with Gasteiger partial charge in [-0.15, -0.1) is 0 Å². The third-order valence-electron chi connectivity index (χ3n) is 11.1. The molecule has 0 spiro atoms. The van der Waals surface area contributed by atoms with Gasteiger partial charge in [0.15, 0.2) is 28.9 Å². The van der Waals surface area contributed by atoms with Crippen LogP contribution in [0.2, 0.25) is 36.3 Å². The van der Waals surface area contributed by atoms with Gasteiger partial charge in [-0.05, 0) is 66.1 Å². The van der Waals surface area contributed by atoms with Crippen molar-refractivity contribution in [3.8, 4) is 5.75 Å². The van der Waals surface area contributed by atoms with Crippen LogP contribution in [0.15, 0.2) is 70.4 Å². The van der Waals surface area contributed by atoms with Crippen molar-refractivity contribution in [2.45, 2.75) is 121 Å². The van der Waals surface area contributed by atoms with Crippen LogP contribution >= 0.6 is 0 Å². The van der Waals surface area contributed by atoms with Crippen molar-refractivity contribution in [2.24, 2.45) is 0 Å². The minimum atomic E-state index is -2.80. The lowest BCUT2D eigenvalue weighted by molar-refractivity contribution is -0.384. The van der Waals surface area contributed by atoms with Gasteiger partial charge < -0.3 is 39.2 Å². The van der Waals surface area contributed by atoms with Crippen molar-refractivity contribution in [1.29, 1.82) is 0 Å². The van der Waals surface area contributed by atoms with Gasteiger partial charge in [0.2, 0.25) is 0 Å². The first kappa shape index (κ1) is 45.0. The monoisotopic (exact) mass is 829 g/mol. The number of carbonyl (C=O) groups is 2. The number of amides is 2. The number of nitro benzene ring substituents is 1. The number of aromatic nitrogens is 2. The molecule has 1 saturated heterocycles. The smallest absolute Gasteiger partial charge is 0.333 e. The standard InChI is InChI=1S/C38H55N5O12Si2/c1-37(2,3)56(8,9)54-31-30(29(45)28(34(46)47)40-35(48)39-24-14-16-25(17-15-24)43(50)51)53-33(32(31)55-57(10,11)38(4,5)6)41-21-20-27(44)42(36(41)49)22-23-12-18-26(52-7)19-13-23/h12-21,28-33,45H,22H2,1-11H3,(H,46,47)(H2,39,40,48)/t28-,29-,30?,31+,32+,33+/m0/s1. The summed E-state index contributed by atoms with van der Waals surface area (Å²) in [7, 11) is -4.05. The molecule has 57 heavy (non-hydrogen) atoms. The maximum absolute atomic E-state index is 14.3. The Kier molecular flexibility index (Phi) is 13.5. The Balaban J connectivity index is 1.83. The Morgan fingerprint density at radius 2 is 1.46 bits per heavy atom. The van der Waals surface area contributed by atoms with E-state index in [0.29, 0.717) is 11.3 Å². The van der Waals surface area contributed by atoms with E-state index >= 15 is 0 Å². The molecule has 1 unspecified atom stereocenters. The molecule has 4 N–H and O–H groups in total. The van der Waals surface area contributed by atoms with Crippen molar-refractivity contribution < 1.29 is 43.1 Å². The molecule has 1 aromatic heterocycles. The fourth-order valence-corrected chi connectivity index (χ4v) is 8.29. The number of anilines is 1. The summed E-state index contributed by atoms with van der Waals surface area (Å²) in [4.78, 5) is 64.0. The first-order valence-corrected chi connectivity index (χ1v) is 24.3. The molecule has 3 aromatic rings. The number of urea groups is 1. The molecule has 0 radical (unpaired) electrons. The molecule has 312 valence electrons. The van der Waals surface area contributed by atoms with E-state index in [1.54, 1.807) is 24.3 Å². The summed E-state index contributed by atoms with van der Waals surface area (Å²) in [5.74, 6) is -1.01. The molecule has 2 heterocycles. The lowest BCUT2D eigenvalue weighted by Gasteiger charge is -2.44. The van der Waals surface area contributed by atoms with Gasteiger partial charge in [0.25, 0.3) is 11.2 Å². The number of carboxylic acid groups (broad SMARTS) is 1. The summed E-state index contributed by atoms with van der Waals surface area (Å²) >= 11 is 0. The largest absolute Gasteiger partial charge is 0.497 e. The molecule has 19 heteroatoms. The number of carbonyl (C=O) groups excluding carboxylic acids is 1. The number of benzene rings is 2. The normalized spacial score (nSPS) is 20.1. The SMILES string of the molecule is COc1ccc(Cn2c(=O)ccn([C@@H]3OC([C@@H](O)[C@H](NC(=O)Nc4ccc([N+](=O)[O-])cc4)C(=O)O)[C@@H](O[Si](C)(C)C(C)(C)C)[C@H]3O[Si](C)(C)C(C)(C)C)c2=O)cc1. The van der Waals surface area contributed by atoms with Gasteiger partial charge in [-0.3, -0.25) is 24.0 Å². The van der Waals surface area contributed by atoms with Gasteiger partial charge in [0.1, 0.15) is 30.2 Å². The van der Waals surface area contributed by atoms with Crippen molar-refractivity contribution in [3.05, 3.63) is 97.3 Å². The van der Waals surface area contributed by atoms with Gasteiger partial charge in [0, 0.05) is 30.1 Å². The molecule has 6 atom stereocenters. The minimum Gasteiger partial charge on any atom is -0.497 e. The van der Waals surface area contributed by atoms with Crippen molar-refractivity contribution in [3.63, 3.8) is 0 Å². The van der Waals surface area contributed by atoms with Crippen molar-refractivity contribution >= 4 is 40.0 Å². The summed E-state index contributed by atoms with van der Waals surface area (Å²) in [6.07, 6.45) is -5.79. The Bertz CT molecular complexity index is 2040. The fourth-order valence-electron chi connectivity index (χ4n) is 5.70. The van der Waals surface area contributed by atoms with Crippen LogP contribution in [-0.2, 0) is 24.9 Å². The number of aliphatic carboxylic acids is 1. The highest BCUT2D eigenvalue weighted by atomic mass is 28.4. The van der Waals surface area contributed by atoms with Crippen LogP contribution in [0.5, 0.6) is 5.75 Å². The molecule has 1 aliphatic heterocycles. The average molecular weight is 830 g/mol. The van der Waals surface area contributed by atoms with Crippen LogP contribution < -0.4 is 26.6 Å². The van der Waals surface area contributed by atoms with E-state index < -0.39 is 81.5 Å². The Hall–Kier alpha value is -4.67. The Labute approximate surface area is 333 Å². The van der Waals surface area contributed by atoms with Crippen LogP contribution in [0.3, 0.4) is 0 Å². The Morgan fingerprint density at radius 1 is 0.912 bits per heavy atom. The molecule has 1 fully saturated rings. The lowest BCUT2D eigenvalue weighted by Crippen LogP contribution is -2.59. The zero-order chi connectivity index (χ0) is 42.8. The topological polar surface area (TPSA) is 223 Å². The van der Waals surface area contributed by atoms with Crippen LogP contribution in [0.4, 0.5) is 16.2 Å². The molecule has 2 aromatic carbocycles. The number of hydrogen-bond acceptors (Lipinski definition) is 11. The molecular formula is C38H55N5O12Si2. The number of rotatable bonds is 14. The van der Waals surface area contributed by atoms with E-state index in [-0.39, 0.29) is 28.0 Å². The molecule has 0 aliphatic carbocycles. The van der Waals surface area contributed by atoms with Gasteiger partial charge in [-0.1, -0.05) is 53.7 Å². The third kappa shape index (κ3) is 10.3. The predicted molar refractivity (Wildman–Crippen MR) is 218 cm³/mol. The first-order chi connectivity index (χ1) is 26.3. The van der Waals surface area contributed by atoms with E-state index in [2.05, 4.69) is 10.6 Å². The average Bonchev–Trinajstić information content (AvgIpc) is 3.43. The predicted octanol–water partition coefficient (Wildman–Crippen LogP) is 5.29. The number of ether oxygens (including phenoxy) is 2. The molecule has 4 rings (SSSR count). The first-order valence-electron chi connectivity index (χ1n) is 18.5. The lowest BCUT2D eigenvalue weighted by atomic mass is 9.99. The zero-order valence-electron chi connectivity index (χ0n) is 34.3. The number of hydrogen-bond donors (Lipinski definition) is 4. The van der Waals surface area contributed by atoms with Gasteiger partial charge in [-0.2, -0.15) is 0 Å². The second kappa shape index (κ2) is 17.1. The van der Waals surface area contributed by atoms with E-state index in [0.717, 1.165) is 4.57 Å². The van der Waals surface area contributed by atoms with Crippen molar-refractivity contribution in [1.82, 2.24) is 14.5 Å². The second-order valence-corrected chi connectivity index (χ2v) is 26.7. The highest BCUT2D eigenvalue weighted by Crippen LogP contribution is 2.46. The van der Waals surface area contributed by atoms with Crippen LogP contribution in [0.1, 0.15) is 53.3 Å².